The van der Waals surface area contributed by atoms with E-state index in [0.29, 0.717) is 30.8 Å². The van der Waals surface area contributed by atoms with Gasteiger partial charge in [-0.2, -0.15) is 4.98 Å². The molecule has 5 nitrogen and oxygen atoms in total. The van der Waals surface area contributed by atoms with Crippen molar-refractivity contribution in [3.8, 4) is 11.4 Å². The van der Waals surface area contributed by atoms with E-state index in [2.05, 4.69) is 26.1 Å². The summed E-state index contributed by atoms with van der Waals surface area (Å²) in [6.07, 6.45) is 1.02. The normalized spacial score (nSPS) is 16.9. The highest BCUT2D eigenvalue weighted by atomic mass is 79.9. The number of carbonyl (C=O) groups is 1. The summed E-state index contributed by atoms with van der Waals surface area (Å²) in [4.78, 5) is 18.5. The van der Waals surface area contributed by atoms with Crippen molar-refractivity contribution in [3.05, 3.63) is 69.2 Å². The molecule has 1 amide bonds. The lowest BCUT2D eigenvalue weighted by atomic mass is 10.1. The Morgan fingerprint density at radius 1 is 1.30 bits per heavy atom. The first kappa shape index (κ1) is 18.1. The van der Waals surface area contributed by atoms with Gasteiger partial charge in [0.1, 0.15) is 11.9 Å². The van der Waals surface area contributed by atoms with Crippen molar-refractivity contribution in [2.24, 2.45) is 0 Å². The molecule has 27 heavy (non-hydrogen) atoms. The molecule has 2 heterocycles. The second-order valence-corrected chi connectivity index (χ2v) is 7.61. The number of hydrogen-bond acceptors (Lipinski definition) is 4. The molecule has 1 unspecified atom stereocenters. The lowest BCUT2D eigenvalue weighted by Gasteiger charge is -2.22. The Morgan fingerprint density at radius 2 is 2.15 bits per heavy atom. The first-order valence-corrected chi connectivity index (χ1v) is 9.51. The van der Waals surface area contributed by atoms with E-state index in [1.54, 1.807) is 11.0 Å². The SMILES string of the molecule is O=C1CCC(c2nc(-c3ccc(Cl)c(F)c3)no2)N1Cc1cccc(Br)c1. The smallest absolute Gasteiger partial charge is 0.249 e. The average Bonchev–Trinajstić information content (AvgIpc) is 3.25. The van der Waals surface area contributed by atoms with Crippen LogP contribution in [-0.4, -0.2) is 20.9 Å². The van der Waals surface area contributed by atoms with Crippen LogP contribution >= 0.6 is 27.5 Å². The molecule has 3 aromatic rings. The Bertz CT molecular complexity index is 1010. The molecule has 1 saturated heterocycles. The van der Waals surface area contributed by atoms with E-state index in [9.17, 15) is 9.18 Å². The quantitative estimate of drug-likeness (QED) is 0.551. The van der Waals surface area contributed by atoms with Gasteiger partial charge in [-0.3, -0.25) is 4.79 Å². The maximum Gasteiger partial charge on any atom is 0.249 e. The van der Waals surface area contributed by atoms with Gasteiger partial charge in [-0.05, 0) is 42.3 Å². The summed E-state index contributed by atoms with van der Waals surface area (Å²) in [5.41, 5.74) is 1.47. The zero-order chi connectivity index (χ0) is 19.0. The van der Waals surface area contributed by atoms with Crippen LogP contribution in [0.2, 0.25) is 5.02 Å². The first-order chi connectivity index (χ1) is 13.0. The topological polar surface area (TPSA) is 59.2 Å². The van der Waals surface area contributed by atoms with E-state index < -0.39 is 5.82 Å². The molecule has 0 spiro atoms. The molecule has 138 valence electrons. The molecule has 2 aromatic carbocycles. The van der Waals surface area contributed by atoms with E-state index in [4.69, 9.17) is 16.1 Å². The highest BCUT2D eigenvalue weighted by Gasteiger charge is 2.36. The Kier molecular flexibility index (Phi) is 4.97. The lowest BCUT2D eigenvalue weighted by molar-refractivity contribution is -0.129. The second-order valence-electron chi connectivity index (χ2n) is 6.29. The molecule has 0 aliphatic carbocycles. The fraction of sp³-hybridized carbons (Fsp3) is 0.211. The summed E-state index contributed by atoms with van der Waals surface area (Å²) >= 11 is 9.16. The van der Waals surface area contributed by atoms with Crippen LogP contribution in [-0.2, 0) is 11.3 Å². The predicted octanol–water partition coefficient (Wildman–Crippen LogP) is 5.16. The average molecular weight is 451 g/mol. The van der Waals surface area contributed by atoms with Crippen LogP contribution in [0, 0.1) is 5.82 Å². The largest absolute Gasteiger partial charge is 0.337 e. The molecule has 1 fully saturated rings. The number of amides is 1. The van der Waals surface area contributed by atoms with Crippen molar-refractivity contribution in [1.29, 1.82) is 0 Å². The fourth-order valence-corrected chi connectivity index (χ4v) is 3.71. The van der Waals surface area contributed by atoms with Crippen molar-refractivity contribution in [2.45, 2.75) is 25.4 Å². The third-order valence-corrected chi connectivity index (χ3v) is 5.27. The van der Waals surface area contributed by atoms with Gasteiger partial charge >= 0.3 is 0 Å². The van der Waals surface area contributed by atoms with Crippen LogP contribution in [0.1, 0.15) is 30.3 Å². The van der Waals surface area contributed by atoms with Gasteiger partial charge in [-0.25, -0.2) is 4.39 Å². The van der Waals surface area contributed by atoms with Gasteiger partial charge < -0.3 is 9.42 Å². The molecule has 1 aromatic heterocycles. The molecule has 1 aliphatic rings. The van der Waals surface area contributed by atoms with Gasteiger partial charge in [-0.15, -0.1) is 0 Å². The minimum atomic E-state index is -0.548. The standard InChI is InChI=1S/C19H14BrClFN3O2/c20-13-3-1-2-11(8-13)10-25-16(6-7-17(25)26)19-23-18(24-27-19)12-4-5-14(21)15(22)9-12/h1-5,8-9,16H,6-7,10H2. The second kappa shape index (κ2) is 7.40. The molecule has 0 radical (unpaired) electrons. The molecular weight excluding hydrogens is 437 g/mol. The molecule has 1 aliphatic heterocycles. The number of aromatic nitrogens is 2. The molecular formula is C19H14BrClFN3O2. The lowest BCUT2D eigenvalue weighted by Crippen LogP contribution is -2.27. The Morgan fingerprint density at radius 3 is 2.93 bits per heavy atom. The van der Waals surface area contributed by atoms with Crippen LogP contribution < -0.4 is 0 Å². The minimum absolute atomic E-state index is 0.0315. The Hall–Kier alpha value is -2.25. The Balaban J connectivity index is 1.59. The summed E-state index contributed by atoms with van der Waals surface area (Å²) in [5, 5.41) is 3.97. The van der Waals surface area contributed by atoms with Gasteiger partial charge in [0.05, 0.1) is 5.02 Å². The maximum absolute atomic E-state index is 13.7. The molecule has 0 saturated carbocycles. The number of nitrogens with zero attached hydrogens (tertiary/aromatic N) is 3. The zero-order valence-corrected chi connectivity index (χ0v) is 16.4. The van der Waals surface area contributed by atoms with Gasteiger partial charge in [-0.1, -0.05) is 44.8 Å². The highest BCUT2D eigenvalue weighted by Crippen LogP contribution is 2.34. The third kappa shape index (κ3) is 3.75. The summed E-state index contributed by atoms with van der Waals surface area (Å²) in [6, 6.07) is 11.8. The van der Waals surface area contributed by atoms with Crippen LogP contribution in [0.25, 0.3) is 11.4 Å². The van der Waals surface area contributed by atoms with Crippen molar-refractivity contribution in [2.75, 3.05) is 0 Å². The van der Waals surface area contributed by atoms with Crippen LogP contribution in [0.5, 0.6) is 0 Å². The molecule has 0 N–H and O–H groups in total. The predicted molar refractivity (Wildman–Crippen MR) is 101 cm³/mol. The van der Waals surface area contributed by atoms with E-state index >= 15 is 0 Å². The van der Waals surface area contributed by atoms with Crippen LogP contribution in [0.4, 0.5) is 4.39 Å². The summed E-state index contributed by atoms with van der Waals surface area (Å²) in [5.74, 6) is 0.105. The number of rotatable bonds is 4. The number of hydrogen-bond donors (Lipinski definition) is 0. The summed E-state index contributed by atoms with van der Waals surface area (Å²) in [6.45, 7) is 0.455. The third-order valence-electron chi connectivity index (χ3n) is 4.47. The van der Waals surface area contributed by atoms with E-state index in [1.807, 2.05) is 24.3 Å². The van der Waals surface area contributed by atoms with Gasteiger partial charge in [0.15, 0.2) is 0 Å². The van der Waals surface area contributed by atoms with Crippen LogP contribution in [0.3, 0.4) is 0 Å². The number of carbonyl (C=O) groups excluding carboxylic acids is 1. The van der Waals surface area contributed by atoms with Crippen molar-refractivity contribution in [1.82, 2.24) is 15.0 Å². The van der Waals surface area contributed by atoms with Crippen molar-refractivity contribution >= 4 is 33.4 Å². The Labute approximate surface area is 168 Å². The molecule has 8 heteroatoms. The molecule has 1 atom stereocenters. The summed E-state index contributed by atoms with van der Waals surface area (Å²) in [7, 11) is 0. The summed E-state index contributed by atoms with van der Waals surface area (Å²) < 4.78 is 20.0. The van der Waals surface area contributed by atoms with E-state index in [1.165, 1.54) is 12.1 Å². The fourth-order valence-electron chi connectivity index (χ4n) is 3.14. The molecule has 0 bridgehead atoms. The van der Waals surface area contributed by atoms with E-state index in [-0.39, 0.29) is 22.8 Å². The van der Waals surface area contributed by atoms with Crippen molar-refractivity contribution in [3.63, 3.8) is 0 Å². The van der Waals surface area contributed by atoms with Crippen molar-refractivity contribution < 1.29 is 13.7 Å². The van der Waals surface area contributed by atoms with Crippen LogP contribution in [0.15, 0.2) is 51.5 Å². The van der Waals surface area contributed by atoms with Gasteiger partial charge in [0, 0.05) is 23.0 Å². The number of halogens is 3. The van der Waals surface area contributed by atoms with Gasteiger partial charge in [0.2, 0.25) is 17.6 Å². The van der Waals surface area contributed by atoms with E-state index in [0.717, 1.165) is 10.0 Å². The monoisotopic (exact) mass is 449 g/mol. The zero-order valence-electron chi connectivity index (χ0n) is 14.0. The van der Waals surface area contributed by atoms with Gasteiger partial charge in [0.25, 0.3) is 0 Å². The highest BCUT2D eigenvalue weighted by molar-refractivity contribution is 9.10. The minimum Gasteiger partial charge on any atom is -0.337 e. The molecule has 4 rings (SSSR count). The number of benzene rings is 2. The first-order valence-electron chi connectivity index (χ1n) is 8.34. The number of likely N-dealkylation sites (tertiary alicyclic amines) is 1. The maximum atomic E-state index is 13.7.